The fourth-order valence-electron chi connectivity index (χ4n) is 15.5. The topological polar surface area (TPSA) is 197 Å². The van der Waals surface area contributed by atoms with E-state index in [1.165, 1.54) is 5.56 Å². The average molecular weight is 1740 g/mol. The molecule has 0 saturated heterocycles. The number of hydroxylamine groups is 2. The van der Waals surface area contributed by atoms with Gasteiger partial charge in [-0.15, -0.1) is 0 Å². The molecule has 0 saturated carbocycles. The number of carbonyl (C=O) groups excluding carboxylic acids is 6. The lowest BCUT2D eigenvalue weighted by atomic mass is 9.92. The van der Waals surface area contributed by atoms with Gasteiger partial charge in [0.2, 0.25) is 0 Å². The number of ether oxygens (including phenoxy) is 2. The van der Waals surface area contributed by atoms with Crippen LogP contribution in [0.1, 0.15) is 82.9 Å². The zero-order valence-electron chi connectivity index (χ0n) is 74.5. The fourth-order valence-corrected chi connectivity index (χ4v) is 15.5. The Balaban J connectivity index is 0.000000136. The third-order valence-corrected chi connectivity index (χ3v) is 22.2. The van der Waals surface area contributed by atoms with Crippen molar-refractivity contribution < 1.29 is 48.7 Å². The normalized spacial score (nSPS) is 10.3. The largest absolute Gasteiger partial charge is 0.497 e. The number of benzene rings is 18. The maximum Gasteiger partial charge on any atom is 0.275 e. The molecular formula is C120H99N3O10. The number of amides is 3. The second-order valence-electron chi connectivity index (χ2n) is 30.8. The molecule has 0 bridgehead atoms. The van der Waals surface area contributed by atoms with Crippen molar-refractivity contribution in [2.75, 3.05) is 21.3 Å². The van der Waals surface area contributed by atoms with E-state index in [4.69, 9.17) is 19.9 Å². The third-order valence-electron chi connectivity index (χ3n) is 22.2. The summed E-state index contributed by atoms with van der Waals surface area (Å²) in [5, 5.41) is 20.5. The van der Waals surface area contributed by atoms with E-state index >= 15 is 0 Å². The van der Waals surface area contributed by atoms with E-state index in [9.17, 15) is 28.8 Å². The van der Waals surface area contributed by atoms with Crippen molar-refractivity contribution >= 4 is 35.1 Å². The smallest absolute Gasteiger partial charge is 0.275 e. The van der Waals surface area contributed by atoms with Gasteiger partial charge in [0.15, 0.2) is 17.3 Å². The molecule has 18 rings (SSSR count). The minimum absolute atomic E-state index is 0.0370. The fraction of sp³-hybridized carbons (Fsp3) is 0.0500. The van der Waals surface area contributed by atoms with Gasteiger partial charge >= 0.3 is 0 Å². The SMILES string of the molecule is CC(=O)c1cc(-c2ccccc2)ccc1-c1ccccc1.CC(=O)c1ccccc1-c1cccc(-c2ccccc2)c1.CNC(=O)c1ccc(-c2ccccc2)cc1-c1ccccc1.COc1cccc(-c2ccc(C(C)=O)c(-c3cccc(OC)c3)c2)c1.O=C(NO)c1ccccc1-c1ccc(-c2ccccc2)cc1.O=C(NO)c1ccccc1-c1ccccc1-c1ccccc1. The first-order valence-electron chi connectivity index (χ1n) is 43.3. The molecule has 0 aromatic heterocycles. The number of nitrogens with one attached hydrogen (secondary N) is 3. The highest BCUT2D eigenvalue weighted by Gasteiger charge is 2.20. The van der Waals surface area contributed by atoms with Crippen LogP contribution in [0.15, 0.2) is 461 Å². The molecule has 0 radical (unpaired) electrons. The highest BCUT2D eigenvalue weighted by atomic mass is 16.5. The lowest BCUT2D eigenvalue weighted by Crippen LogP contribution is -2.19. The quantitative estimate of drug-likeness (QED) is 0.0278. The van der Waals surface area contributed by atoms with Crippen LogP contribution in [0.5, 0.6) is 11.5 Å². The molecule has 133 heavy (non-hydrogen) atoms. The average Bonchev–Trinajstić information content (AvgIpc) is 0.828. The molecule has 5 N–H and O–H groups in total. The summed E-state index contributed by atoms with van der Waals surface area (Å²) in [6, 6.07) is 151. The molecule has 13 nitrogen and oxygen atoms in total. The summed E-state index contributed by atoms with van der Waals surface area (Å²) in [4.78, 5) is 71.7. The summed E-state index contributed by atoms with van der Waals surface area (Å²) in [5.74, 6) is 0.687. The first-order valence-corrected chi connectivity index (χ1v) is 43.3. The first-order chi connectivity index (χ1) is 65.0. The van der Waals surface area contributed by atoms with Gasteiger partial charge in [0.25, 0.3) is 17.7 Å². The minimum Gasteiger partial charge on any atom is -0.497 e. The second-order valence-corrected chi connectivity index (χ2v) is 30.8. The Hall–Kier alpha value is -17.1. The van der Waals surface area contributed by atoms with Gasteiger partial charge in [0, 0.05) is 40.4 Å². The van der Waals surface area contributed by atoms with Crippen molar-refractivity contribution in [3.8, 4) is 145 Å². The Morgan fingerprint density at radius 3 is 0.887 bits per heavy atom. The maximum absolute atomic E-state index is 12.1. The van der Waals surface area contributed by atoms with Crippen LogP contribution in [0, 0.1) is 0 Å². The number of methoxy groups -OCH3 is 2. The molecule has 0 aliphatic carbocycles. The molecule has 18 aromatic carbocycles. The minimum atomic E-state index is -0.515. The Kier molecular flexibility index (Phi) is 33.1. The van der Waals surface area contributed by atoms with Gasteiger partial charge in [0.05, 0.1) is 14.2 Å². The van der Waals surface area contributed by atoms with E-state index in [1.807, 2.05) is 364 Å². The van der Waals surface area contributed by atoms with Gasteiger partial charge in [-0.2, -0.15) is 0 Å². The standard InChI is InChI=1S/C22H20O3.C20H17NO.2C20H16O.2C19H15NO2/c1-15(23)21-11-10-17(16-6-4-8-19(12-16)24-2)14-22(21)18-7-5-9-20(13-18)25-3;1-21-20(22)18-13-12-17(15-8-4-2-5-9-15)14-19(18)16-10-6-3-7-11-16;1-15(21)20-14-18(16-8-4-2-5-9-16)12-13-19(20)17-10-6-3-7-11-17;1-15(21)19-12-5-6-13-20(19)18-11-7-10-17(14-18)16-8-3-2-4-9-16;21-19(20-22)18-13-7-6-12-17(18)16-11-5-4-10-15(16)14-8-2-1-3-9-14;21-19(20-22)18-9-5-4-8-17(18)16-12-10-15(11-13-16)14-6-2-1-3-7-14/h4-14H,1-3H3;2-14H,1H3,(H,21,22);2*2-14H,1H3;2*1-13,22H,(H,20,21). The zero-order chi connectivity index (χ0) is 93.2. The molecule has 0 aliphatic rings. The molecule has 0 fully saturated rings. The van der Waals surface area contributed by atoms with Gasteiger partial charge < -0.3 is 14.8 Å². The molecule has 0 unspecified atom stereocenters. The van der Waals surface area contributed by atoms with E-state index in [0.29, 0.717) is 22.3 Å². The molecule has 13 heteroatoms. The van der Waals surface area contributed by atoms with Gasteiger partial charge in [-0.25, -0.2) is 11.0 Å². The van der Waals surface area contributed by atoms with E-state index in [2.05, 4.69) is 78.1 Å². The predicted octanol–water partition coefficient (Wildman–Crippen LogP) is 28.3. The molecule has 18 aromatic rings. The van der Waals surface area contributed by atoms with Crippen LogP contribution in [0.25, 0.3) is 134 Å². The molecule has 654 valence electrons. The number of hydrogen-bond acceptors (Lipinski definition) is 10. The molecule has 0 aliphatic heterocycles. The second kappa shape index (κ2) is 47.1. The van der Waals surface area contributed by atoms with E-state index in [-0.39, 0.29) is 23.3 Å². The third kappa shape index (κ3) is 24.6. The molecule has 0 heterocycles. The van der Waals surface area contributed by atoms with E-state index in [0.717, 1.165) is 151 Å². The van der Waals surface area contributed by atoms with Crippen molar-refractivity contribution in [1.82, 2.24) is 16.3 Å². The van der Waals surface area contributed by atoms with Gasteiger partial charge in [-0.1, -0.05) is 394 Å². The van der Waals surface area contributed by atoms with Gasteiger partial charge in [0.1, 0.15) is 11.5 Å². The maximum atomic E-state index is 12.1. The summed E-state index contributed by atoms with van der Waals surface area (Å²) in [6.07, 6.45) is 0. The van der Waals surface area contributed by atoms with Crippen molar-refractivity contribution in [2.45, 2.75) is 20.8 Å². The number of rotatable bonds is 20. The van der Waals surface area contributed by atoms with E-state index < -0.39 is 11.8 Å². The highest BCUT2D eigenvalue weighted by Crippen LogP contribution is 2.39. The first kappa shape index (κ1) is 93.5. The zero-order valence-corrected chi connectivity index (χ0v) is 74.5. The lowest BCUT2D eigenvalue weighted by molar-refractivity contribution is 0.0702. The van der Waals surface area contributed by atoms with Crippen molar-refractivity contribution in [3.05, 3.63) is 494 Å². The van der Waals surface area contributed by atoms with Gasteiger partial charge in [-0.3, -0.25) is 39.2 Å². The van der Waals surface area contributed by atoms with Crippen molar-refractivity contribution in [1.29, 1.82) is 0 Å². The summed E-state index contributed by atoms with van der Waals surface area (Å²) >= 11 is 0. The Morgan fingerprint density at radius 2 is 0.436 bits per heavy atom. The van der Waals surface area contributed by atoms with Crippen LogP contribution in [0.2, 0.25) is 0 Å². The molecule has 3 amide bonds. The summed E-state index contributed by atoms with van der Waals surface area (Å²) in [5.41, 5.74) is 31.8. The Labute approximate surface area is 776 Å². The molecular weight excluding hydrogens is 1640 g/mol. The van der Waals surface area contributed by atoms with E-state index in [1.54, 1.807) is 77.3 Å². The number of ketones is 3. The number of hydrogen-bond donors (Lipinski definition) is 5. The number of carbonyl (C=O) groups is 6. The Morgan fingerprint density at radius 1 is 0.188 bits per heavy atom. The summed E-state index contributed by atoms with van der Waals surface area (Å²) in [7, 11) is 4.94. The Bertz CT molecular complexity index is 6980. The summed E-state index contributed by atoms with van der Waals surface area (Å²) < 4.78 is 10.6. The van der Waals surface area contributed by atoms with Crippen molar-refractivity contribution in [2.24, 2.45) is 0 Å². The highest BCUT2D eigenvalue weighted by molar-refractivity contribution is 6.06. The lowest BCUT2D eigenvalue weighted by Gasteiger charge is -2.13. The van der Waals surface area contributed by atoms with Crippen LogP contribution in [0.4, 0.5) is 0 Å². The van der Waals surface area contributed by atoms with Crippen LogP contribution < -0.4 is 25.8 Å². The molecule has 0 atom stereocenters. The van der Waals surface area contributed by atoms with Crippen LogP contribution in [-0.4, -0.2) is 66.8 Å². The van der Waals surface area contributed by atoms with Gasteiger partial charge in [-0.05, 0) is 221 Å². The monoisotopic (exact) mass is 1740 g/mol. The van der Waals surface area contributed by atoms with Crippen LogP contribution >= 0.6 is 0 Å². The number of Topliss-reactive ketones (excluding diaryl/α,β-unsaturated/α-hetero) is 3. The van der Waals surface area contributed by atoms with Crippen LogP contribution in [-0.2, 0) is 0 Å². The van der Waals surface area contributed by atoms with Crippen LogP contribution in [0.3, 0.4) is 0 Å². The molecule has 0 spiro atoms. The van der Waals surface area contributed by atoms with Crippen molar-refractivity contribution in [3.63, 3.8) is 0 Å². The predicted molar refractivity (Wildman–Crippen MR) is 539 cm³/mol. The summed E-state index contributed by atoms with van der Waals surface area (Å²) in [6.45, 7) is 4.82.